The lowest BCUT2D eigenvalue weighted by Gasteiger charge is -2.21. The maximum absolute atomic E-state index is 11.5. The zero-order valence-corrected chi connectivity index (χ0v) is 13.4. The van der Waals surface area contributed by atoms with Crippen molar-refractivity contribution < 1.29 is 8.42 Å². The van der Waals surface area contributed by atoms with Crippen molar-refractivity contribution in [3.63, 3.8) is 0 Å². The van der Waals surface area contributed by atoms with Crippen molar-refractivity contribution in [3.05, 3.63) is 53.1 Å². The lowest BCUT2D eigenvalue weighted by Crippen LogP contribution is -2.18. The minimum atomic E-state index is -3.24. The molecule has 0 saturated carbocycles. The molecule has 0 aliphatic carbocycles. The first-order valence-electron chi connectivity index (χ1n) is 6.32. The van der Waals surface area contributed by atoms with Gasteiger partial charge in [0.15, 0.2) is 9.84 Å². The molecule has 0 spiro atoms. The van der Waals surface area contributed by atoms with Gasteiger partial charge in [-0.3, -0.25) is 0 Å². The predicted octanol–water partition coefficient (Wildman–Crippen LogP) is 2.96. The predicted molar refractivity (Wildman–Crippen MR) is 87.5 cm³/mol. The highest BCUT2D eigenvalue weighted by atomic mass is 35.5. The topological polar surface area (TPSA) is 63.4 Å². The van der Waals surface area contributed by atoms with Crippen LogP contribution >= 0.6 is 11.6 Å². The molecule has 0 radical (unpaired) electrons. The number of nitrogens with zero attached hydrogens (tertiary/aromatic N) is 1. The summed E-state index contributed by atoms with van der Waals surface area (Å²) >= 11 is 5.86. The first-order valence-corrected chi connectivity index (χ1v) is 8.59. The van der Waals surface area contributed by atoms with Gasteiger partial charge in [-0.05, 0) is 35.9 Å². The molecule has 0 amide bonds. The normalized spacial score (nSPS) is 11.4. The standard InChI is InChI=1S/C15H17ClN2O2S/c1-18(10-11-3-5-12(16)6-4-11)15-8-7-13(9-14(15)17)21(2,19)20/h3-9H,10,17H2,1-2H3. The fourth-order valence-electron chi connectivity index (χ4n) is 2.06. The second kappa shape index (κ2) is 5.95. The smallest absolute Gasteiger partial charge is 0.175 e. The molecule has 0 aromatic heterocycles. The van der Waals surface area contributed by atoms with Crippen molar-refractivity contribution in [1.82, 2.24) is 0 Å². The number of nitrogen functional groups attached to an aromatic ring is 1. The average molecular weight is 325 g/mol. The molecular formula is C15H17ClN2O2S. The van der Waals surface area contributed by atoms with E-state index in [1.807, 2.05) is 36.2 Å². The summed E-state index contributed by atoms with van der Waals surface area (Å²) in [7, 11) is -1.34. The van der Waals surface area contributed by atoms with E-state index in [0.29, 0.717) is 17.3 Å². The van der Waals surface area contributed by atoms with E-state index in [9.17, 15) is 8.42 Å². The number of hydrogen-bond acceptors (Lipinski definition) is 4. The van der Waals surface area contributed by atoms with E-state index in [1.165, 1.54) is 12.3 Å². The summed E-state index contributed by atoms with van der Waals surface area (Å²) in [5.41, 5.74) is 8.29. The molecule has 0 aliphatic rings. The second-order valence-electron chi connectivity index (χ2n) is 4.98. The van der Waals surface area contributed by atoms with Crippen molar-refractivity contribution >= 4 is 32.8 Å². The van der Waals surface area contributed by atoms with Crippen LogP contribution in [0.25, 0.3) is 0 Å². The highest BCUT2D eigenvalue weighted by Gasteiger charge is 2.12. The van der Waals surface area contributed by atoms with Gasteiger partial charge in [-0.1, -0.05) is 23.7 Å². The molecule has 2 rings (SSSR count). The molecular weight excluding hydrogens is 308 g/mol. The van der Waals surface area contributed by atoms with Gasteiger partial charge >= 0.3 is 0 Å². The summed E-state index contributed by atoms with van der Waals surface area (Å²) in [5.74, 6) is 0. The zero-order chi connectivity index (χ0) is 15.6. The number of rotatable bonds is 4. The van der Waals surface area contributed by atoms with Gasteiger partial charge in [0.05, 0.1) is 16.3 Å². The SMILES string of the molecule is CN(Cc1ccc(Cl)cc1)c1ccc(S(C)(=O)=O)cc1N. The van der Waals surface area contributed by atoms with E-state index < -0.39 is 9.84 Å². The van der Waals surface area contributed by atoms with Crippen LogP contribution in [0.15, 0.2) is 47.4 Å². The summed E-state index contributed by atoms with van der Waals surface area (Å²) in [6.07, 6.45) is 1.17. The van der Waals surface area contributed by atoms with Crippen LogP contribution in [0.3, 0.4) is 0 Å². The molecule has 6 heteroatoms. The molecule has 0 saturated heterocycles. The summed E-state index contributed by atoms with van der Waals surface area (Å²) in [6, 6.07) is 12.3. The van der Waals surface area contributed by atoms with E-state index in [1.54, 1.807) is 12.1 Å². The van der Waals surface area contributed by atoms with Crippen molar-refractivity contribution in [3.8, 4) is 0 Å². The van der Waals surface area contributed by atoms with E-state index in [-0.39, 0.29) is 4.90 Å². The lowest BCUT2D eigenvalue weighted by molar-refractivity contribution is 0.602. The number of anilines is 2. The first-order chi connectivity index (χ1) is 9.77. The average Bonchev–Trinajstić information content (AvgIpc) is 2.40. The lowest BCUT2D eigenvalue weighted by atomic mass is 10.2. The molecule has 0 heterocycles. The molecule has 2 aromatic carbocycles. The number of sulfone groups is 1. The van der Waals surface area contributed by atoms with Crippen LogP contribution in [0.1, 0.15) is 5.56 Å². The number of benzene rings is 2. The van der Waals surface area contributed by atoms with E-state index >= 15 is 0 Å². The summed E-state index contributed by atoms with van der Waals surface area (Å²) in [6.45, 7) is 0.652. The number of hydrogen-bond donors (Lipinski definition) is 1. The third-order valence-electron chi connectivity index (χ3n) is 3.17. The van der Waals surface area contributed by atoms with Gasteiger partial charge in [-0.15, -0.1) is 0 Å². The highest BCUT2D eigenvalue weighted by Crippen LogP contribution is 2.26. The maximum atomic E-state index is 11.5. The first kappa shape index (κ1) is 15.7. The molecule has 0 fully saturated rings. The van der Waals surface area contributed by atoms with Crippen molar-refractivity contribution in [2.75, 3.05) is 23.9 Å². The van der Waals surface area contributed by atoms with E-state index in [4.69, 9.17) is 17.3 Å². The Bertz CT molecular complexity index is 743. The van der Waals surface area contributed by atoms with Crippen LogP contribution in [0.4, 0.5) is 11.4 Å². The van der Waals surface area contributed by atoms with Crippen LogP contribution in [0.2, 0.25) is 5.02 Å². The molecule has 0 atom stereocenters. The van der Waals surface area contributed by atoms with E-state index in [2.05, 4.69) is 0 Å². The van der Waals surface area contributed by atoms with Crippen molar-refractivity contribution in [2.24, 2.45) is 0 Å². The fourth-order valence-corrected chi connectivity index (χ4v) is 2.84. The molecule has 4 nitrogen and oxygen atoms in total. The Labute approximate surface area is 130 Å². The molecule has 112 valence electrons. The van der Waals surface area contributed by atoms with E-state index in [0.717, 1.165) is 11.3 Å². The zero-order valence-electron chi connectivity index (χ0n) is 11.9. The Hall–Kier alpha value is -1.72. The summed E-state index contributed by atoms with van der Waals surface area (Å²) in [5, 5.41) is 0.693. The van der Waals surface area contributed by atoms with Gasteiger partial charge in [-0.25, -0.2) is 8.42 Å². The Morgan fingerprint density at radius 3 is 2.29 bits per heavy atom. The Kier molecular flexibility index (Phi) is 4.44. The van der Waals surface area contributed by atoms with Crippen LogP contribution in [0, 0.1) is 0 Å². The van der Waals surface area contributed by atoms with Crippen LogP contribution < -0.4 is 10.6 Å². The van der Waals surface area contributed by atoms with Crippen LogP contribution in [-0.4, -0.2) is 21.7 Å². The number of nitrogens with two attached hydrogens (primary N) is 1. The third-order valence-corrected chi connectivity index (χ3v) is 4.53. The monoisotopic (exact) mass is 324 g/mol. The Balaban J connectivity index is 2.23. The highest BCUT2D eigenvalue weighted by molar-refractivity contribution is 7.90. The summed E-state index contributed by atoms with van der Waals surface area (Å²) in [4.78, 5) is 2.19. The van der Waals surface area contributed by atoms with Crippen molar-refractivity contribution in [2.45, 2.75) is 11.4 Å². The fraction of sp³-hybridized carbons (Fsp3) is 0.200. The second-order valence-corrected chi connectivity index (χ2v) is 7.43. The molecule has 0 aliphatic heterocycles. The molecule has 2 N–H and O–H groups in total. The molecule has 2 aromatic rings. The molecule has 0 unspecified atom stereocenters. The van der Waals surface area contributed by atoms with Gasteiger partial charge in [0.2, 0.25) is 0 Å². The minimum absolute atomic E-state index is 0.226. The van der Waals surface area contributed by atoms with Gasteiger partial charge in [0.1, 0.15) is 0 Å². The largest absolute Gasteiger partial charge is 0.397 e. The van der Waals surface area contributed by atoms with Crippen LogP contribution in [-0.2, 0) is 16.4 Å². The quantitative estimate of drug-likeness (QED) is 0.878. The maximum Gasteiger partial charge on any atom is 0.175 e. The molecule has 0 bridgehead atoms. The van der Waals surface area contributed by atoms with Crippen LogP contribution in [0.5, 0.6) is 0 Å². The Morgan fingerprint density at radius 2 is 1.76 bits per heavy atom. The van der Waals surface area contributed by atoms with Gasteiger partial charge in [-0.2, -0.15) is 0 Å². The third kappa shape index (κ3) is 3.89. The minimum Gasteiger partial charge on any atom is -0.397 e. The number of halogens is 1. The molecule has 21 heavy (non-hydrogen) atoms. The summed E-state index contributed by atoms with van der Waals surface area (Å²) < 4.78 is 23.0. The Morgan fingerprint density at radius 1 is 1.14 bits per heavy atom. The van der Waals surface area contributed by atoms with Crippen molar-refractivity contribution in [1.29, 1.82) is 0 Å². The van der Waals surface area contributed by atoms with Gasteiger partial charge in [0.25, 0.3) is 0 Å². The van der Waals surface area contributed by atoms with Gasteiger partial charge < -0.3 is 10.6 Å². The van der Waals surface area contributed by atoms with Gasteiger partial charge in [0, 0.05) is 24.9 Å².